The zero-order valence-corrected chi connectivity index (χ0v) is 11.2. The summed E-state index contributed by atoms with van der Waals surface area (Å²) in [4.78, 5) is 10.5. The first-order chi connectivity index (χ1) is 8.43. The SMILES string of the molecule is C=CC(C)Oc1c(Cl)cc(Cl)cc1C=CC(=O)O. The third-order valence-corrected chi connectivity index (χ3v) is 2.58. The van der Waals surface area contributed by atoms with Crippen LogP contribution in [0.5, 0.6) is 5.75 Å². The first-order valence-electron chi connectivity index (χ1n) is 5.13. The Morgan fingerprint density at radius 3 is 2.72 bits per heavy atom. The third kappa shape index (κ3) is 4.09. The molecule has 1 rings (SSSR count). The summed E-state index contributed by atoms with van der Waals surface area (Å²) in [6.07, 6.45) is 3.73. The van der Waals surface area contributed by atoms with Crippen molar-refractivity contribution in [3.05, 3.63) is 46.5 Å². The van der Waals surface area contributed by atoms with Crippen molar-refractivity contribution in [2.24, 2.45) is 0 Å². The minimum atomic E-state index is -1.06. The molecular weight excluding hydrogens is 275 g/mol. The lowest BCUT2D eigenvalue weighted by Gasteiger charge is -2.15. The Labute approximate surface area is 115 Å². The topological polar surface area (TPSA) is 46.5 Å². The Balaban J connectivity index is 3.20. The van der Waals surface area contributed by atoms with Crippen LogP contribution in [0.2, 0.25) is 10.0 Å². The van der Waals surface area contributed by atoms with E-state index < -0.39 is 5.97 Å². The molecule has 1 N–H and O–H groups in total. The van der Waals surface area contributed by atoms with Crippen molar-refractivity contribution in [2.75, 3.05) is 0 Å². The molecule has 0 amide bonds. The van der Waals surface area contributed by atoms with Crippen molar-refractivity contribution in [3.63, 3.8) is 0 Å². The normalized spacial score (nSPS) is 12.4. The van der Waals surface area contributed by atoms with E-state index in [2.05, 4.69) is 6.58 Å². The molecule has 1 aromatic carbocycles. The number of benzene rings is 1. The van der Waals surface area contributed by atoms with Crippen molar-refractivity contribution in [3.8, 4) is 5.75 Å². The van der Waals surface area contributed by atoms with E-state index in [1.54, 1.807) is 19.1 Å². The number of carbonyl (C=O) groups is 1. The molecule has 0 radical (unpaired) electrons. The number of carboxylic acid groups (broad SMARTS) is 1. The summed E-state index contributed by atoms with van der Waals surface area (Å²) in [6, 6.07) is 3.12. The molecule has 5 heteroatoms. The summed E-state index contributed by atoms with van der Waals surface area (Å²) >= 11 is 11.9. The summed E-state index contributed by atoms with van der Waals surface area (Å²) in [5.41, 5.74) is 0.503. The van der Waals surface area contributed by atoms with Gasteiger partial charge >= 0.3 is 5.97 Å². The molecule has 0 heterocycles. The van der Waals surface area contributed by atoms with E-state index in [0.29, 0.717) is 21.4 Å². The summed E-state index contributed by atoms with van der Waals surface area (Å²) < 4.78 is 5.56. The minimum Gasteiger partial charge on any atom is -0.484 e. The van der Waals surface area contributed by atoms with Gasteiger partial charge in [-0.1, -0.05) is 35.9 Å². The molecule has 1 unspecified atom stereocenters. The standard InChI is InChI=1S/C13H12Cl2O3/c1-3-8(2)18-13-9(4-5-12(16)17)6-10(14)7-11(13)15/h3-8H,1H2,2H3,(H,16,17). The smallest absolute Gasteiger partial charge is 0.328 e. The molecular formula is C13H12Cl2O3. The summed E-state index contributed by atoms with van der Waals surface area (Å²) in [7, 11) is 0. The number of hydrogen-bond acceptors (Lipinski definition) is 2. The van der Waals surface area contributed by atoms with Crippen LogP contribution >= 0.6 is 23.2 Å². The van der Waals surface area contributed by atoms with Crippen LogP contribution in [0.15, 0.2) is 30.9 Å². The van der Waals surface area contributed by atoms with Crippen LogP contribution in [-0.4, -0.2) is 17.2 Å². The van der Waals surface area contributed by atoms with E-state index in [4.69, 9.17) is 33.0 Å². The van der Waals surface area contributed by atoms with Gasteiger partial charge in [0.05, 0.1) is 5.02 Å². The van der Waals surface area contributed by atoms with Gasteiger partial charge in [-0.15, -0.1) is 0 Å². The second kappa shape index (κ2) is 6.47. The molecule has 0 bridgehead atoms. The van der Waals surface area contributed by atoms with Crippen LogP contribution in [0.25, 0.3) is 6.08 Å². The van der Waals surface area contributed by atoms with Crippen molar-refractivity contribution < 1.29 is 14.6 Å². The number of ether oxygens (including phenoxy) is 1. The second-order valence-electron chi connectivity index (χ2n) is 3.54. The third-order valence-electron chi connectivity index (χ3n) is 2.08. The van der Waals surface area contributed by atoms with Crippen LogP contribution in [0.3, 0.4) is 0 Å². The Morgan fingerprint density at radius 1 is 1.50 bits per heavy atom. The van der Waals surface area contributed by atoms with Crippen LogP contribution in [0, 0.1) is 0 Å². The van der Waals surface area contributed by atoms with E-state index in [1.807, 2.05) is 0 Å². The Morgan fingerprint density at radius 2 is 2.17 bits per heavy atom. The van der Waals surface area contributed by atoms with Gasteiger partial charge in [-0.2, -0.15) is 0 Å². The van der Waals surface area contributed by atoms with Gasteiger partial charge in [-0.25, -0.2) is 4.79 Å². The Hall–Kier alpha value is -1.45. The first kappa shape index (κ1) is 14.6. The highest BCUT2D eigenvalue weighted by Crippen LogP contribution is 2.34. The molecule has 0 saturated carbocycles. The van der Waals surface area contributed by atoms with Crippen molar-refractivity contribution in [1.29, 1.82) is 0 Å². The van der Waals surface area contributed by atoms with Crippen LogP contribution < -0.4 is 4.74 Å². The zero-order chi connectivity index (χ0) is 13.7. The molecule has 18 heavy (non-hydrogen) atoms. The summed E-state index contributed by atoms with van der Waals surface area (Å²) in [5.74, 6) is -0.681. The fraction of sp³-hybridized carbons (Fsp3) is 0.154. The predicted molar refractivity (Wildman–Crippen MR) is 73.4 cm³/mol. The van der Waals surface area contributed by atoms with E-state index in [0.717, 1.165) is 6.08 Å². The van der Waals surface area contributed by atoms with Crippen LogP contribution in [-0.2, 0) is 4.79 Å². The maximum absolute atomic E-state index is 10.5. The number of halogens is 2. The molecule has 3 nitrogen and oxygen atoms in total. The molecule has 96 valence electrons. The number of hydrogen-bond donors (Lipinski definition) is 1. The molecule has 1 atom stereocenters. The number of rotatable bonds is 5. The lowest BCUT2D eigenvalue weighted by atomic mass is 10.2. The van der Waals surface area contributed by atoms with Crippen LogP contribution in [0.4, 0.5) is 0 Å². The molecule has 0 spiro atoms. The van der Waals surface area contributed by atoms with Gasteiger partial charge < -0.3 is 9.84 Å². The fourth-order valence-electron chi connectivity index (χ4n) is 1.22. The number of aliphatic carboxylic acids is 1. The van der Waals surface area contributed by atoms with Crippen molar-refractivity contribution in [1.82, 2.24) is 0 Å². The van der Waals surface area contributed by atoms with E-state index in [1.165, 1.54) is 12.1 Å². The molecule has 0 aliphatic heterocycles. The molecule has 0 fully saturated rings. The first-order valence-corrected chi connectivity index (χ1v) is 5.89. The monoisotopic (exact) mass is 286 g/mol. The molecule has 0 aliphatic rings. The summed E-state index contributed by atoms with van der Waals surface area (Å²) in [6.45, 7) is 5.40. The highest BCUT2D eigenvalue weighted by Gasteiger charge is 2.11. The molecule has 1 aromatic rings. The fourth-order valence-corrected chi connectivity index (χ4v) is 1.78. The highest BCUT2D eigenvalue weighted by molar-refractivity contribution is 6.35. The van der Waals surface area contributed by atoms with Gasteiger partial charge in [-0.05, 0) is 25.1 Å². The van der Waals surface area contributed by atoms with Gasteiger partial charge in [0.15, 0.2) is 0 Å². The van der Waals surface area contributed by atoms with Gasteiger partial charge in [0.1, 0.15) is 11.9 Å². The predicted octanol–water partition coefficient (Wildman–Crippen LogP) is 4.04. The van der Waals surface area contributed by atoms with E-state index >= 15 is 0 Å². The quantitative estimate of drug-likeness (QED) is 0.656. The van der Waals surface area contributed by atoms with E-state index in [9.17, 15) is 4.79 Å². The second-order valence-corrected chi connectivity index (χ2v) is 4.38. The maximum Gasteiger partial charge on any atom is 0.328 e. The number of carboxylic acids is 1. The van der Waals surface area contributed by atoms with Gasteiger partial charge in [0.25, 0.3) is 0 Å². The van der Waals surface area contributed by atoms with Gasteiger partial charge in [0.2, 0.25) is 0 Å². The van der Waals surface area contributed by atoms with Gasteiger partial charge in [0, 0.05) is 16.7 Å². The average Bonchev–Trinajstić information content (AvgIpc) is 2.29. The van der Waals surface area contributed by atoms with Crippen molar-refractivity contribution >= 4 is 35.2 Å². The average molecular weight is 287 g/mol. The Bertz CT molecular complexity index is 495. The lowest BCUT2D eigenvalue weighted by molar-refractivity contribution is -0.131. The largest absolute Gasteiger partial charge is 0.484 e. The van der Waals surface area contributed by atoms with Gasteiger partial charge in [-0.3, -0.25) is 0 Å². The minimum absolute atomic E-state index is 0.249. The Kier molecular flexibility index (Phi) is 5.25. The zero-order valence-electron chi connectivity index (χ0n) is 9.69. The molecule has 0 aromatic heterocycles. The molecule has 0 saturated heterocycles. The molecule has 0 aliphatic carbocycles. The van der Waals surface area contributed by atoms with E-state index in [-0.39, 0.29) is 6.10 Å². The highest BCUT2D eigenvalue weighted by atomic mass is 35.5. The van der Waals surface area contributed by atoms with Crippen molar-refractivity contribution in [2.45, 2.75) is 13.0 Å². The summed E-state index contributed by atoms with van der Waals surface area (Å²) in [5, 5.41) is 9.35. The maximum atomic E-state index is 10.5. The lowest BCUT2D eigenvalue weighted by Crippen LogP contribution is -2.08. The van der Waals surface area contributed by atoms with Crippen LogP contribution in [0.1, 0.15) is 12.5 Å².